The van der Waals surface area contributed by atoms with Crippen LogP contribution in [0.1, 0.15) is 35.7 Å². The molecule has 5 heteroatoms. The largest absolute Gasteiger partial charge is 0.493 e. The minimum atomic E-state index is -0.312. The molecule has 0 aliphatic carbocycles. The van der Waals surface area contributed by atoms with Crippen LogP contribution in [0.4, 0.5) is 0 Å². The molecule has 0 heterocycles. The number of para-hydroxylation sites is 1. The smallest absolute Gasteiger partial charge is 0.271 e. The van der Waals surface area contributed by atoms with Crippen molar-refractivity contribution in [2.75, 3.05) is 6.61 Å². The molecule has 0 aliphatic heterocycles. The van der Waals surface area contributed by atoms with Crippen LogP contribution in [0.2, 0.25) is 5.02 Å². The highest BCUT2D eigenvalue weighted by atomic mass is 35.5. The van der Waals surface area contributed by atoms with E-state index in [9.17, 15) is 4.79 Å². The molecule has 0 fully saturated rings. The normalized spacial score (nSPS) is 10.7. The van der Waals surface area contributed by atoms with E-state index in [1.54, 1.807) is 30.5 Å². The molecule has 2 rings (SSSR count). The summed E-state index contributed by atoms with van der Waals surface area (Å²) >= 11 is 5.87. The first-order valence-corrected chi connectivity index (χ1v) is 7.89. The molecule has 4 nitrogen and oxygen atoms in total. The molecule has 2 aromatic rings. The topological polar surface area (TPSA) is 50.7 Å². The van der Waals surface area contributed by atoms with Crippen LogP contribution in [0, 0.1) is 0 Å². The number of unbranched alkanes of at least 4 members (excludes halogenated alkanes) is 1. The number of amides is 1. The van der Waals surface area contributed by atoms with Crippen LogP contribution < -0.4 is 10.2 Å². The SMILES string of the molecule is CCCCOc1ccccc1/C=N\NC(=O)c1cccc(Cl)c1. The molecule has 120 valence electrons. The van der Waals surface area contributed by atoms with Crippen LogP contribution in [0.5, 0.6) is 5.75 Å². The number of halogens is 1. The third-order valence-electron chi connectivity index (χ3n) is 3.13. The van der Waals surface area contributed by atoms with Crippen LogP contribution in [0.3, 0.4) is 0 Å². The molecule has 0 spiro atoms. The lowest BCUT2D eigenvalue weighted by Gasteiger charge is -2.08. The molecule has 0 saturated heterocycles. The quantitative estimate of drug-likeness (QED) is 0.468. The number of hydrogen-bond donors (Lipinski definition) is 1. The summed E-state index contributed by atoms with van der Waals surface area (Å²) in [6, 6.07) is 14.3. The predicted octanol–water partition coefficient (Wildman–Crippen LogP) is 4.28. The Morgan fingerprint density at radius 2 is 2.09 bits per heavy atom. The maximum absolute atomic E-state index is 12.0. The number of benzene rings is 2. The first-order chi connectivity index (χ1) is 11.2. The monoisotopic (exact) mass is 330 g/mol. The summed E-state index contributed by atoms with van der Waals surface area (Å²) in [4.78, 5) is 12.0. The second-order valence-electron chi connectivity index (χ2n) is 4.95. The van der Waals surface area contributed by atoms with E-state index in [2.05, 4.69) is 17.5 Å². The standard InChI is InChI=1S/C18H19ClN2O2/c1-2-3-11-23-17-10-5-4-7-15(17)13-20-21-18(22)14-8-6-9-16(19)12-14/h4-10,12-13H,2-3,11H2,1H3,(H,21,22)/b20-13-. The van der Waals surface area contributed by atoms with Gasteiger partial charge in [0.15, 0.2) is 0 Å². The van der Waals surface area contributed by atoms with Crippen molar-refractivity contribution >= 4 is 23.7 Å². The Bertz CT molecular complexity index is 686. The van der Waals surface area contributed by atoms with Gasteiger partial charge in [-0.25, -0.2) is 5.43 Å². The summed E-state index contributed by atoms with van der Waals surface area (Å²) < 4.78 is 5.71. The van der Waals surface area contributed by atoms with Gasteiger partial charge in [0, 0.05) is 16.1 Å². The number of carbonyl (C=O) groups excluding carboxylic acids is 1. The molecule has 0 saturated carbocycles. The maximum Gasteiger partial charge on any atom is 0.271 e. The lowest BCUT2D eigenvalue weighted by molar-refractivity contribution is 0.0955. The fourth-order valence-electron chi connectivity index (χ4n) is 1.90. The zero-order chi connectivity index (χ0) is 16.5. The lowest BCUT2D eigenvalue weighted by Crippen LogP contribution is -2.17. The third kappa shape index (κ3) is 5.42. The average molecular weight is 331 g/mol. The van der Waals surface area contributed by atoms with Crippen molar-refractivity contribution in [3.8, 4) is 5.75 Å². The number of carbonyl (C=O) groups is 1. The number of hydrogen-bond acceptors (Lipinski definition) is 3. The van der Waals surface area contributed by atoms with Gasteiger partial charge in [-0.3, -0.25) is 4.79 Å². The maximum atomic E-state index is 12.0. The minimum Gasteiger partial charge on any atom is -0.493 e. The molecule has 0 radical (unpaired) electrons. The van der Waals surface area contributed by atoms with E-state index in [4.69, 9.17) is 16.3 Å². The lowest BCUT2D eigenvalue weighted by atomic mass is 10.2. The van der Waals surface area contributed by atoms with Crippen molar-refractivity contribution in [1.82, 2.24) is 5.43 Å². The molecule has 1 amide bonds. The Hall–Kier alpha value is -2.33. The van der Waals surface area contributed by atoms with E-state index in [1.807, 2.05) is 24.3 Å². The fraction of sp³-hybridized carbons (Fsp3) is 0.222. The number of ether oxygens (including phenoxy) is 1. The molecular formula is C18H19ClN2O2. The van der Waals surface area contributed by atoms with E-state index in [-0.39, 0.29) is 5.91 Å². The Labute approximate surface area is 141 Å². The number of hydrazone groups is 1. The van der Waals surface area contributed by atoms with E-state index in [1.165, 1.54) is 0 Å². The van der Waals surface area contributed by atoms with Gasteiger partial charge in [0.05, 0.1) is 12.8 Å². The van der Waals surface area contributed by atoms with Crippen LogP contribution >= 0.6 is 11.6 Å². The third-order valence-corrected chi connectivity index (χ3v) is 3.37. The molecule has 2 aromatic carbocycles. The van der Waals surface area contributed by atoms with E-state index < -0.39 is 0 Å². The van der Waals surface area contributed by atoms with Crippen LogP contribution in [-0.2, 0) is 0 Å². The first-order valence-electron chi connectivity index (χ1n) is 7.51. The van der Waals surface area contributed by atoms with Gasteiger partial charge in [-0.05, 0) is 36.8 Å². The first kappa shape index (κ1) is 17.0. The Balaban J connectivity index is 1.99. The molecule has 0 aromatic heterocycles. The number of rotatable bonds is 7. The van der Waals surface area contributed by atoms with Crippen molar-refractivity contribution in [3.05, 3.63) is 64.7 Å². The van der Waals surface area contributed by atoms with Crippen molar-refractivity contribution < 1.29 is 9.53 Å². The van der Waals surface area contributed by atoms with Gasteiger partial charge in [0.2, 0.25) is 0 Å². The highest BCUT2D eigenvalue weighted by Crippen LogP contribution is 2.16. The van der Waals surface area contributed by atoms with Gasteiger partial charge in [-0.2, -0.15) is 5.10 Å². The zero-order valence-electron chi connectivity index (χ0n) is 13.0. The van der Waals surface area contributed by atoms with Gasteiger partial charge < -0.3 is 4.74 Å². The molecular weight excluding hydrogens is 312 g/mol. The summed E-state index contributed by atoms with van der Waals surface area (Å²) in [5.41, 5.74) is 3.76. The highest BCUT2D eigenvalue weighted by molar-refractivity contribution is 6.30. The summed E-state index contributed by atoms with van der Waals surface area (Å²) in [6.45, 7) is 2.78. The summed E-state index contributed by atoms with van der Waals surface area (Å²) in [7, 11) is 0. The van der Waals surface area contributed by atoms with Crippen molar-refractivity contribution in [1.29, 1.82) is 0 Å². The molecule has 0 aliphatic rings. The highest BCUT2D eigenvalue weighted by Gasteiger charge is 2.04. The van der Waals surface area contributed by atoms with Gasteiger partial charge in [-0.1, -0.05) is 43.1 Å². The van der Waals surface area contributed by atoms with Crippen molar-refractivity contribution in [3.63, 3.8) is 0 Å². The fourth-order valence-corrected chi connectivity index (χ4v) is 2.09. The molecule has 23 heavy (non-hydrogen) atoms. The number of nitrogens with zero attached hydrogens (tertiary/aromatic N) is 1. The van der Waals surface area contributed by atoms with Crippen LogP contribution in [-0.4, -0.2) is 18.7 Å². The van der Waals surface area contributed by atoms with Crippen molar-refractivity contribution in [2.45, 2.75) is 19.8 Å². The summed E-state index contributed by atoms with van der Waals surface area (Å²) in [5, 5.41) is 4.50. The van der Waals surface area contributed by atoms with Crippen molar-refractivity contribution in [2.24, 2.45) is 5.10 Å². The van der Waals surface area contributed by atoms with Gasteiger partial charge in [0.1, 0.15) is 5.75 Å². The average Bonchev–Trinajstić information content (AvgIpc) is 2.56. The van der Waals surface area contributed by atoms with E-state index >= 15 is 0 Å². The zero-order valence-corrected chi connectivity index (χ0v) is 13.7. The molecule has 0 bridgehead atoms. The van der Waals surface area contributed by atoms with Crippen LogP contribution in [0.25, 0.3) is 0 Å². The Morgan fingerprint density at radius 3 is 2.87 bits per heavy atom. The van der Waals surface area contributed by atoms with Gasteiger partial charge in [-0.15, -0.1) is 0 Å². The van der Waals surface area contributed by atoms with E-state index in [0.29, 0.717) is 17.2 Å². The second-order valence-corrected chi connectivity index (χ2v) is 5.39. The van der Waals surface area contributed by atoms with Gasteiger partial charge >= 0.3 is 0 Å². The van der Waals surface area contributed by atoms with Gasteiger partial charge in [0.25, 0.3) is 5.91 Å². The predicted molar refractivity (Wildman–Crippen MR) is 93.4 cm³/mol. The van der Waals surface area contributed by atoms with E-state index in [0.717, 1.165) is 24.2 Å². The van der Waals surface area contributed by atoms with Crippen LogP contribution in [0.15, 0.2) is 53.6 Å². The molecule has 0 unspecified atom stereocenters. The summed E-state index contributed by atoms with van der Waals surface area (Å²) in [6.07, 6.45) is 3.65. The molecule has 0 atom stereocenters. The Morgan fingerprint density at radius 1 is 1.26 bits per heavy atom. The minimum absolute atomic E-state index is 0.312. The Kier molecular flexibility index (Phi) is 6.63. The number of nitrogens with one attached hydrogen (secondary N) is 1. The molecule has 1 N–H and O–H groups in total. The second kappa shape index (κ2) is 8.96. The summed E-state index contributed by atoms with van der Waals surface area (Å²) in [5.74, 6) is 0.440.